The van der Waals surface area contributed by atoms with Gasteiger partial charge >= 0.3 is 0 Å². The van der Waals surface area contributed by atoms with Crippen LogP contribution in [0.1, 0.15) is 12.5 Å². The van der Waals surface area contributed by atoms with Crippen LogP contribution in [-0.2, 0) is 0 Å². The van der Waals surface area contributed by atoms with Crippen LogP contribution in [0, 0.1) is 0 Å². The topological polar surface area (TPSA) is 9.23 Å². The summed E-state index contributed by atoms with van der Waals surface area (Å²) >= 11 is 0. The molecule has 0 spiro atoms. The summed E-state index contributed by atoms with van der Waals surface area (Å²) < 4.78 is 5.24. The molecular weight excluding hydrogens is 160 g/mol. The van der Waals surface area contributed by atoms with Crippen molar-refractivity contribution < 1.29 is 4.74 Å². The van der Waals surface area contributed by atoms with Crippen LogP contribution in [0.15, 0.2) is 43.0 Å². The molecule has 1 heteroatoms. The molecule has 0 N–H and O–H groups in total. The molecule has 13 heavy (non-hydrogen) atoms. The molecule has 0 amide bonds. The summed E-state index contributed by atoms with van der Waals surface area (Å²) in [4.78, 5) is 0. The molecule has 0 heterocycles. The molecule has 0 unspecified atom stereocenters. The van der Waals surface area contributed by atoms with Crippen molar-refractivity contribution in [1.29, 1.82) is 0 Å². The Morgan fingerprint density at radius 2 is 2.08 bits per heavy atom. The maximum absolute atomic E-state index is 5.24. The Labute approximate surface area is 79.4 Å². The third-order valence-corrected chi connectivity index (χ3v) is 1.90. The van der Waals surface area contributed by atoms with Gasteiger partial charge in [0.1, 0.15) is 5.75 Å². The lowest BCUT2D eigenvalue weighted by atomic mass is 10.1. The average molecular weight is 174 g/mol. The maximum atomic E-state index is 5.24. The van der Waals surface area contributed by atoms with E-state index in [1.54, 1.807) is 13.2 Å². The minimum Gasteiger partial charge on any atom is -0.496 e. The lowest BCUT2D eigenvalue weighted by molar-refractivity contribution is 0.413. The number of benzene rings is 1. The second-order valence-corrected chi connectivity index (χ2v) is 2.79. The van der Waals surface area contributed by atoms with Crippen LogP contribution in [0.25, 0.3) is 5.57 Å². The first kappa shape index (κ1) is 9.59. The molecule has 1 rings (SSSR count). The van der Waals surface area contributed by atoms with Crippen molar-refractivity contribution in [1.82, 2.24) is 0 Å². The van der Waals surface area contributed by atoms with E-state index in [2.05, 4.69) is 6.58 Å². The van der Waals surface area contributed by atoms with Crippen molar-refractivity contribution in [2.75, 3.05) is 7.11 Å². The van der Waals surface area contributed by atoms with Crippen molar-refractivity contribution in [3.8, 4) is 5.75 Å². The van der Waals surface area contributed by atoms with Crippen LogP contribution >= 0.6 is 0 Å². The number of allylic oxidation sites excluding steroid dienone is 3. The Morgan fingerprint density at radius 1 is 1.38 bits per heavy atom. The lowest BCUT2D eigenvalue weighted by Gasteiger charge is -2.07. The zero-order valence-electron chi connectivity index (χ0n) is 8.08. The maximum Gasteiger partial charge on any atom is 0.126 e. The monoisotopic (exact) mass is 174 g/mol. The Hall–Kier alpha value is -1.50. The molecule has 0 atom stereocenters. The molecule has 0 aliphatic rings. The molecule has 0 saturated carbocycles. The van der Waals surface area contributed by atoms with Gasteiger partial charge in [-0.25, -0.2) is 0 Å². The fourth-order valence-corrected chi connectivity index (χ4v) is 1.24. The zero-order chi connectivity index (χ0) is 9.68. The van der Waals surface area contributed by atoms with Gasteiger partial charge in [0.2, 0.25) is 0 Å². The standard InChI is InChI=1S/C12H14O/c1-4-7-10(2)11-8-5-6-9-12(11)13-3/h4-9H,1H2,2-3H3/b10-7+. The summed E-state index contributed by atoms with van der Waals surface area (Å²) in [6, 6.07) is 7.95. The molecule has 0 aliphatic carbocycles. The van der Waals surface area contributed by atoms with E-state index >= 15 is 0 Å². The van der Waals surface area contributed by atoms with Gasteiger partial charge in [-0.2, -0.15) is 0 Å². The van der Waals surface area contributed by atoms with Gasteiger partial charge in [0.25, 0.3) is 0 Å². The SMILES string of the molecule is C=C/C=C(\C)c1ccccc1OC. The van der Waals surface area contributed by atoms with Gasteiger partial charge in [-0.05, 0) is 18.6 Å². The summed E-state index contributed by atoms with van der Waals surface area (Å²) in [6.45, 7) is 5.71. The zero-order valence-corrected chi connectivity index (χ0v) is 8.08. The summed E-state index contributed by atoms with van der Waals surface area (Å²) in [5.74, 6) is 0.901. The quantitative estimate of drug-likeness (QED) is 0.639. The highest BCUT2D eigenvalue weighted by atomic mass is 16.5. The number of para-hydroxylation sites is 1. The van der Waals surface area contributed by atoms with E-state index in [1.165, 1.54) is 0 Å². The second-order valence-electron chi connectivity index (χ2n) is 2.79. The van der Waals surface area contributed by atoms with Gasteiger partial charge in [0.15, 0.2) is 0 Å². The minimum atomic E-state index is 0.901. The van der Waals surface area contributed by atoms with Crippen LogP contribution < -0.4 is 4.74 Å². The summed E-state index contributed by atoms with van der Waals surface area (Å²) in [6.07, 6.45) is 3.75. The first-order valence-corrected chi connectivity index (χ1v) is 4.22. The van der Waals surface area contributed by atoms with Gasteiger partial charge in [-0.1, -0.05) is 36.9 Å². The van der Waals surface area contributed by atoms with E-state index in [-0.39, 0.29) is 0 Å². The van der Waals surface area contributed by atoms with E-state index in [0.29, 0.717) is 0 Å². The van der Waals surface area contributed by atoms with E-state index in [4.69, 9.17) is 4.74 Å². The summed E-state index contributed by atoms with van der Waals surface area (Å²) in [5, 5.41) is 0. The summed E-state index contributed by atoms with van der Waals surface area (Å²) in [5.41, 5.74) is 2.28. The molecule has 0 bridgehead atoms. The number of ether oxygens (including phenoxy) is 1. The van der Waals surface area contributed by atoms with Gasteiger partial charge in [0.05, 0.1) is 7.11 Å². The predicted octanol–water partition coefficient (Wildman–Crippen LogP) is 3.28. The highest BCUT2D eigenvalue weighted by Gasteiger charge is 2.01. The fourth-order valence-electron chi connectivity index (χ4n) is 1.24. The largest absolute Gasteiger partial charge is 0.496 e. The van der Waals surface area contributed by atoms with Crippen molar-refractivity contribution in [3.63, 3.8) is 0 Å². The molecule has 0 saturated heterocycles. The molecular formula is C12H14O. The normalized spacial score (nSPS) is 11.1. The molecule has 0 radical (unpaired) electrons. The highest BCUT2D eigenvalue weighted by Crippen LogP contribution is 2.24. The van der Waals surface area contributed by atoms with Crippen molar-refractivity contribution in [2.24, 2.45) is 0 Å². The van der Waals surface area contributed by atoms with Crippen LogP contribution in [0.2, 0.25) is 0 Å². The first-order valence-electron chi connectivity index (χ1n) is 4.22. The van der Waals surface area contributed by atoms with Gasteiger partial charge in [0, 0.05) is 5.56 Å². The summed E-state index contributed by atoms with van der Waals surface area (Å²) in [7, 11) is 1.68. The van der Waals surface area contributed by atoms with Crippen LogP contribution in [0.3, 0.4) is 0 Å². The number of methoxy groups -OCH3 is 1. The first-order chi connectivity index (χ1) is 6.29. The van der Waals surface area contributed by atoms with Crippen LogP contribution in [-0.4, -0.2) is 7.11 Å². The van der Waals surface area contributed by atoms with Gasteiger partial charge in [-0.15, -0.1) is 0 Å². The van der Waals surface area contributed by atoms with E-state index in [1.807, 2.05) is 37.3 Å². The Morgan fingerprint density at radius 3 is 2.69 bits per heavy atom. The van der Waals surface area contributed by atoms with Crippen molar-refractivity contribution >= 4 is 5.57 Å². The number of hydrogen-bond donors (Lipinski definition) is 0. The molecule has 0 aliphatic heterocycles. The van der Waals surface area contributed by atoms with E-state index in [0.717, 1.165) is 16.9 Å². The number of hydrogen-bond acceptors (Lipinski definition) is 1. The second kappa shape index (κ2) is 4.51. The Kier molecular flexibility index (Phi) is 3.32. The molecule has 1 nitrogen and oxygen atoms in total. The van der Waals surface area contributed by atoms with Gasteiger partial charge < -0.3 is 4.74 Å². The molecule has 1 aromatic carbocycles. The molecule has 1 aromatic rings. The van der Waals surface area contributed by atoms with Crippen LogP contribution in [0.5, 0.6) is 5.75 Å². The average Bonchev–Trinajstić information content (AvgIpc) is 2.18. The smallest absolute Gasteiger partial charge is 0.126 e. The Bertz CT molecular complexity index is 324. The van der Waals surface area contributed by atoms with Gasteiger partial charge in [-0.3, -0.25) is 0 Å². The number of rotatable bonds is 3. The third kappa shape index (κ3) is 2.22. The molecule has 0 aromatic heterocycles. The van der Waals surface area contributed by atoms with Crippen molar-refractivity contribution in [2.45, 2.75) is 6.92 Å². The molecule has 0 fully saturated rings. The predicted molar refractivity (Wildman–Crippen MR) is 56.8 cm³/mol. The lowest BCUT2D eigenvalue weighted by Crippen LogP contribution is -1.88. The van der Waals surface area contributed by atoms with Crippen molar-refractivity contribution in [3.05, 3.63) is 48.6 Å². The fraction of sp³-hybridized carbons (Fsp3) is 0.167. The highest BCUT2D eigenvalue weighted by molar-refractivity contribution is 5.69. The minimum absolute atomic E-state index is 0.901. The molecule has 68 valence electrons. The Balaban J connectivity index is 3.12. The van der Waals surface area contributed by atoms with Crippen LogP contribution in [0.4, 0.5) is 0 Å². The van der Waals surface area contributed by atoms with E-state index in [9.17, 15) is 0 Å². The van der Waals surface area contributed by atoms with E-state index < -0.39 is 0 Å². The third-order valence-electron chi connectivity index (χ3n) is 1.90.